The second-order valence-corrected chi connectivity index (χ2v) is 13.7. The van der Waals surface area contributed by atoms with Crippen molar-refractivity contribution in [1.29, 1.82) is 0 Å². The number of fused-ring (bicyclic) bond motifs is 3. The molecule has 16 heteroatoms. The molecule has 3 aromatic rings. The number of alkyl halides is 2. The third-order valence-electron chi connectivity index (χ3n) is 10.2. The van der Waals surface area contributed by atoms with Gasteiger partial charge in [-0.3, -0.25) is 29.1 Å². The van der Waals surface area contributed by atoms with E-state index in [0.717, 1.165) is 32.5 Å². The van der Waals surface area contributed by atoms with Gasteiger partial charge in [-0.2, -0.15) is 0 Å². The molecule has 3 saturated heterocycles. The number of carbonyl (C=O) groups excluding carboxylic acids is 4. The normalized spacial score (nSPS) is 22.4. The van der Waals surface area contributed by atoms with Crippen LogP contribution >= 0.6 is 0 Å². The summed E-state index contributed by atoms with van der Waals surface area (Å²) < 4.78 is 46.0. The van der Waals surface area contributed by atoms with Gasteiger partial charge < -0.3 is 34.6 Å². The van der Waals surface area contributed by atoms with E-state index in [0.29, 0.717) is 57.3 Å². The molecule has 3 atom stereocenters. The smallest absolute Gasteiger partial charge is 0.312 e. The Balaban J connectivity index is 1.06. The number of piperazine rings is 1. The number of aromatic nitrogens is 1. The Bertz CT molecular complexity index is 1860. The molecule has 2 bridgehead atoms. The molecule has 0 spiro atoms. The number of pyridine rings is 1. The molecule has 2 N–H and O–H groups in total. The van der Waals surface area contributed by atoms with Crippen LogP contribution in [-0.2, 0) is 20.9 Å². The minimum absolute atomic E-state index is 0.115. The average molecular weight is 719 g/mol. The van der Waals surface area contributed by atoms with Crippen molar-refractivity contribution >= 4 is 42.4 Å². The SMILES string of the molecule is [B]N1C[C@H]2CC1CN2CCCOc1ccc2nccc(C(=O)NCC(=O)[C@@]3(C)CC(F)(F)CN3C(=O)C(=O)NCc3ccc(OC)c(OC)c3)c2c1. The maximum Gasteiger partial charge on any atom is 0.312 e. The largest absolute Gasteiger partial charge is 0.494 e. The van der Waals surface area contributed by atoms with Crippen LogP contribution < -0.4 is 24.8 Å². The Morgan fingerprint density at radius 2 is 1.79 bits per heavy atom. The Morgan fingerprint density at radius 3 is 2.50 bits per heavy atom. The first kappa shape index (κ1) is 36.9. The van der Waals surface area contributed by atoms with Gasteiger partial charge in [-0.05, 0) is 61.7 Å². The fourth-order valence-corrected chi connectivity index (χ4v) is 7.35. The number of likely N-dealkylation sites (tertiary alicyclic amines) is 2. The molecule has 1 unspecified atom stereocenters. The van der Waals surface area contributed by atoms with Gasteiger partial charge in [0.25, 0.3) is 11.8 Å². The molecule has 0 aliphatic carbocycles. The van der Waals surface area contributed by atoms with Crippen molar-refractivity contribution in [2.75, 3.05) is 53.6 Å². The predicted molar refractivity (Wildman–Crippen MR) is 186 cm³/mol. The number of rotatable bonds is 13. The monoisotopic (exact) mass is 718 g/mol. The third-order valence-corrected chi connectivity index (χ3v) is 10.2. The quantitative estimate of drug-likeness (QED) is 0.153. The molecule has 3 fully saturated rings. The highest BCUT2D eigenvalue weighted by Crippen LogP contribution is 2.40. The molecular formula is C36H41BF2N6O7. The summed E-state index contributed by atoms with van der Waals surface area (Å²) in [6.45, 7) is 2.46. The molecule has 52 heavy (non-hydrogen) atoms. The van der Waals surface area contributed by atoms with Crippen molar-refractivity contribution in [2.24, 2.45) is 0 Å². The summed E-state index contributed by atoms with van der Waals surface area (Å²) in [7, 11) is 8.92. The lowest BCUT2D eigenvalue weighted by molar-refractivity contribution is -0.151. The second kappa shape index (κ2) is 15.0. The Hall–Kier alpha value is -4.83. The Labute approximate surface area is 301 Å². The molecule has 2 aromatic carbocycles. The van der Waals surface area contributed by atoms with Crippen molar-refractivity contribution in [1.82, 2.24) is 30.2 Å². The zero-order valence-electron chi connectivity index (χ0n) is 29.3. The second-order valence-electron chi connectivity index (χ2n) is 13.7. The molecule has 3 aliphatic rings. The van der Waals surface area contributed by atoms with E-state index < -0.39 is 54.5 Å². The summed E-state index contributed by atoms with van der Waals surface area (Å²) in [5.41, 5.74) is -0.784. The fraction of sp³-hybridized carbons (Fsp3) is 0.472. The van der Waals surface area contributed by atoms with Gasteiger partial charge in [0.15, 0.2) is 25.3 Å². The number of hydrogen-bond acceptors (Lipinski definition) is 10. The maximum absolute atomic E-state index is 14.8. The van der Waals surface area contributed by atoms with E-state index in [1.807, 2.05) is 4.81 Å². The van der Waals surface area contributed by atoms with Gasteiger partial charge in [-0.1, -0.05) is 6.07 Å². The average Bonchev–Trinajstić information content (AvgIpc) is 3.79. The van der Waals surface area contributed by atoms with Crippen LogP contribution in [0.15, 0.2) is 48.7 Å². The lowest BCUT2D eigenvalue weighted by Crippen LogP contribution is -2.56. The van der Waals surface area contributed by atoms with Gasteiger partial charge in [0.1, 0.15) is 11.3 Å². The van der Waals surface area contributed by atoms with E-state index in [4.69, 9.17) is 22.2 Å². The minimum atomic E-state index is -3.44. The molecule has 6 rings (SSSR count). The van der Waals surface area contributed by atoms with Gasteiger partial charge in [0, 0.05) is 56.3 Å². The first-order valence-corrected chi connectivity index (χ1v) is 17.1. The molecule has 1 aromatic heterocycles. The van der Waals surface area contributed by atoms with Gasteiger partial charge >= 0.3 is 11.8 Å². The molecule has 4 heterocycles. The van der Waals surface area contributed by atoms with Crippen LogP contribution in [0.4, 0.5) is 8.78 Å². The van der Waals surface area contributed by atoms with Crippen molar-refractivity contribution in [3.05, 3.63) is 59.8 Å². The van der Waals surface area contributed by atoms with Gasteiger partial charge in [-0.25, -0.2) is 8.78 Å². The summed E-state index contributed by atoms with van der Waals surface area (Å²) in [5, 5.41) is 5.41. The van der Waals surface area contributed by atoms with Crippen molar-refractivity contribution in [3.63, 3.8) is 0 Å². The number of ketones is 1. The maximum atomic E-state index is 14.8. The third kappa shape index (κ3) is 7.67. The van der Waals surface area contributed by atoms with Crippen molar-refractivity contribution in [2.45, 2.75) is 56.3 Å². The van der Waals surface area contributed by atoms with Crippen molar-refractivity contribution in [3.8, 4) is 17.2 Å². The number of ether oxygens (including phenoxy) is 3. The van der Waals surface area contributed by atoms with E-state index in [1.165, 1.54) is 33.4 Å². The van der Waals surface area contributed by atoms with Gasteiger partial charge in [0.2, 0.25) is 0 Å². The van der Waals surface area contributed by atoms with Gasteiger partial charge in [0.05, 0.1) is 45.0 Å². The van der Waals surface area contributed by atoms with E-state index in [-0.39, 0.29) is 12.1 Å². The summed E-state index contributed by atoms with van der Waals surface area (Å²) in [6, 6.07) is 12.4. The molecular weight excluding hydrogens is 677 g/mol. The lowest BCUT2D eigenvalue weighted by atomic mass is 9.91. The number of nitrogens with one attached hydrogen (secondary N) is 2. The summed E-state index contributed by atoms with van der Waals surface area (Å²) in [4.78, 5) is 62.2. The topological polar surface area (TPSA) is 143 Å². The van der Waals surface area contributed by atoms with Crippen LogP contribution in [0.2, 0.25) is 0 Å². The highest BCUT2D eigenvalue weighted by Gasteiger charge is 2.58. The molecule has 2 radical (unpaired) electrons. The minimum Gasteiger partial charge on any atom is -0.494 e. The van der Waals surface area contributed by atoms with Crippen molar-refractivity contribution < 1.29 is 42.2 Å². The summed E-state index contributed by atoms with van der Waals surface area (Å²) in [6.07, 6.45) is 2.34. The van der Waals surface area contributed by atoms with E-state index >= 15 is 0 Å². The molecule has 0 saturated carbocycles. The number of methoxy groups -OCH3 is 2. The van der Waals surface area contributed by atoms with Gasteiger partial charge in [-0.15, -0.1) is 0 Å². The first-order valence-electron chi connectivity index (χ1n) is 17.1. The molecule has 3 aliphatic heterocycles. The first-order chi connectivity index (χ1) is 24.8. The van der Waals surface area contributed by atoms with E-state index in [9.17, 15) is 28.0 Å². The standard InChI is InChI=1S/C36H41BF2N6O7/c1-35(20-36(38,39)21-44(35)34(49)33(48)41-16-22-5-8-29(50-2)30(13-22)51-3)31(46)17-42-32(47)26-9-10-40-28-7-6-25(15-27(26)28)52-12-4-11-43-18-24-14-23(43)19-45(24)37/h5-10,13,15,23-24H,4,11-12,14,16-21H2,1-3H3,(H,41,48)(H,42,47)/t23-,24?,35-/m1/s1. The van der Waals surface area contributed by atoms with Crippen LogP contribution in [0.5, 0.6) is 17.2 Å². The zero-order chi connectivity index (χ0) is 37.2. The van der Waals surface area contributed by atoms with Crippen LogP contribution in [-0.4, -0.2) is 128 Å². The number of Topliss-reactive ketones (excluding diaryl/α,β-unsaturated/α-hetero) is 1. The van der Waals surface area contributed by atoms with Crippen LogP contribution in [0.25, 0.3) is 10.9 Å². The number of hydrogen-bond donors (Lipinski definition) is 2. The zero-order valence-corrected chi connectivity index (χ0v) is 29.3. The molecule has 13 nitrogen and oxygen atoms in total. The summed E-state index contributed by atoms with van der Waals surface area (Å²) in [5.74, 6) is -5.99. The van der Waals surface area contributed by atoms with E-state index in [1.54, 1.807) is 36.4 Å². The highest BCUT2D eigenvalue weighted by molar-refractivity contribution is 6.35. The number of benzene rings is 2. The van der Waals surface area contributed by atoms with Crippen LogP contribution in [0.3, 0.4) is 0 Å². The summed E-state index contributed by atoms with van der Waals surface area (Å²) >= 11 is 0. The predicted octanol–water partition coefficient (Wildman–Crippen LogP) is 2.10. The molecule has 274 valence electrons. The lowest BCUT2D eigenvalue weighted by Gasteiger charge is -2.32. The highest BCUT2D eigenvalue weighted by atomic mass is 19.3. The number of carbonyl (C=O) groups is 4. The number of amides is 3. The van der Waals surface area contributed by atoms with Crippen LogP contribution in [0, 0.1) is 0 Å². The van der Waals surface area contributed by atoms with Crippen LogP contribution in [0.1, 0.15) is 42.1 Å². The van der Waals surface area contributed by atoms with E-state index in [2.05, 4.69) is 20.5 Å². The Morgan fingerprint density at radius 1 is 1.00 bits per heavy atom. The fourth-order valence-electron chi connectivity index (χ4n) is 7.35. The molecule has 3 amide bonds. The Kier molecular flexibility index (Phi) is 10.7. The number of nitrogens with zero attached hydrogens (tertiary/aromatic N) is 4. The number of halogens is 2.